The van der Waals surface area contributed by atoms with E-state index in [1.807, 2.05) is 6.07 Å². The summed E-state index contributed by atoms with van der Waals surface area (Å²) in [5, 5.41) is 6.85. The molecule has 4 heteroatoms. The van der Waals surface area contributed by atoms with Crippen LogP contribution in [0.4, 0.5) is 0 Å². The first-order valence-corrected chi connectivity index (χ1v) is 6.10. The standard InChI is InChI=1S/C12H21N3O/c1-3-13-4-7-15(6-1)8-5-14-10-12-2-9-16-11-12/h2,9,11,13-14H,1,3-8,10H2. The van der Waals surface area contributed by atoms with Crippen molar-refractivity contribution in [2.45, 2.75) is 13.0 Å². The highest BCUT2D eigenvalue weighted by molar-refractivity contribution is 5.04. The minimum atomic E-state index is 0.905. The Morgan fingerprint density at radius 1 is 1.38 bits per heavy atom. The maximum Gasteiger partial charge on any atom is 0.0947 e. The van der Waals surface area contributed by atoms with Gasteiger partial charge in [-0.05, 0) is 25.6 Å². The fourth-order valence-corrected chi connectivity index (χ4v) is 1.99. The summed E-state index contributed by atoms with van der Waals surface area (Å²) in [5.74, 6) is 0. The van der Waals surface area contributed by atoms with Crippen LogP contribution in [-0.4, -0.2) is 44.2 Å². The summed E-state index contributed by atoms with van der Waals surface area (Å²) >= 11 is 0. The number of nitrogens with one attached hydrogen (secondary N) is 2. The Kier molecular flexibility index (Phi) is 4.86. The van der Waals surface area contributed by atoms with E-state index in [1.54, 1.807) is 12.5 Å². The number of furan rings is 1. The summed E-state index contributed by atoms with van der Waals surface area (Å²) in [7, 11) is 0. The van der Waals surface area contributed by atoms with Gasteiger partial charge in [0.05, 0.1) is 12.5 Å². The Hall–Kier alpha value is -0.840. The maximum absolute atomic E-state index is 5.02. The fraction of sp³-hybridized carbons (Fsp3) is 0.667. The monoisotopic (exact) mass is 223 g/mol. The van der Waals surface area contributed by atoms with E-state index in [0.29, 0.717) is 0 Å². The first-order chi connectivity index (χ1) is 7.95. The molecule has 2 rings (SSSR count). The lowest BCUT2D eigenvalue weighted by Gasteiger charge is -2.19. The molecule has 16 heavy (non-hydrogen) atoms. The van der Waals surface area contributed by atoms with Gasteiger partial charge < -0.3 is 20.0 Å². The van der Waals surface area contributed by atoms with E-state index in [-0.39, 0.29) is 0 Å². The van der Waals surface area contributed by atoms with Crippen molar-refractivity contribution in [1.29, 1.82) is 0 Å². The molecule has 0 unspecified atom stereocenters. The molecular formula is C12H21N3O. The van der Waals surface area contributed by atoms with Crippen LogP contribution in [0.1, 0.15) is 12.0 Å². The van der Waals surface area contributed by atoms with Crippen LogP contribution in [0.25, 0.3) is 0 Å². The minimum absolute atomic E-state index is 0.905. The summed E-state index contributed by atoms with van der Waals surface area (Å²) < 4.78 is 5.02. The van der Waals surface area contributed by atoms with Crippen molar-refractivity contribution in [3.05, 3.63) is 24.2 Å². The van der Waals surface area contributed by atoms with E-state index >= 15 is 0 Å². The zero-order valence-corrected chi connectivity index (χ0v) is 9.74. The second kappa shape index (κ2) is 6.68. The van der Waals surface area contributed by atoms with Crippen LogP contribution in [0.3, 0.4) is 0 Å². The van der Waals surface area contributed by atoms with Crippen molar-refractivity contribution in [2.75, 3.05) is 39.3 Å². The largest absolute Gasteiger partial charge is 0.472 e. The molecule has 90 valence electrons. The Bertz CT molecular complexity index is 266. The van der Waals surface area contributed by atoms with Gasteiger partial charge in [-0.15, -0.1) is 0 Å². The lowest BCUT2D eigenvalue weighted by Crippen LogP contribution is -2.34. The van der Waals surface area contributed by atoms with Crippen LogP contribution in [0.5, 0.6) is 0 Å². The van der Waals surface area contributed by atoms with Gasteiger partial charge in [-0.25, -0.2) is 0 Å². The van der Waals surface area contributed by atoms with Gasteiger partial charge in [-0.1, -0.05) is 0 Å². The van der Waals surface area contributed by atoms with Crippen LogP contribution in [0.2, 0.25) is 0 Å². The molecule has 0 atom stereocenters. The molecule has 0 radical (unpaired) electrons. The summed E-state index contributed by atoms with van der Waals surface area (Å²) in [6.07, 6.45) is 4.78. The highest BCUT2D eigenvalue weighted by atomic mass is 16.3. The predicted molar refractivity (Wildman–Crippen MR) is 64.3 cm³/mol. The summed E-state index contributed by atoms with van der Waals surface area (Å²) in [6, 6.07) is 2.00. The van der Waals surface area contributed by atoms with Crippen LogP contribution in [0.15, 0.2) is 23.0 Å². The zero-order valence-electron chi connectivity index (χ0n) is 9.74. The molecule has 0 saturated carbocycles. The van der Waals surface area contributed by atoms with Crippen LogP contribution >= 0.6 is 0 Å². The Balaban J connectivity index is 1.56. The molecule has 4 nitrogen and oxygen atoms in total. The van der Waals surface area contributed by atoms with Gasteiger partial charge >= 0.3 is 0 Å². The van der Waals surface area contributed by atoms with Crippen molar-refractivity contribution in [3.63, 3.8) is 0 Å². The molecule has 2 heterocycles. The van der Waals surface area contributed by atoms with E-state index in [0.717, 1.165) is 26.2 Å². The topological polar surface area (TPSA) is 40.4 Å². The van der Waals surface area contributed by atoms with Crippen molar-refractivity contribution in [1.82, 2.24) is 15.5 Å². The zero-order chi connectivity index (χ0) is 11.1. The van der Waals surface area contributed by atoms with Crippen molar-refractivity contribution >= 4 is 0 Å². The van der Waals surface area contributed by atoms with Crippen molar-refractivity contribution < 1.29 is 4.42 Å². The average Bonchev–Trinajstić information content (AvgIpc) is 2.68. The van der Waals surface area contributed by atoms with Crippen LogP contribution in [0, 0.1) is 0 Å². The van der Waals surface area contributed by atoms with E-state index in [4.69, 9.17) is 4.42 Å². The third-order valence-electron chi connectivity index (χ3n) is 2.95. The first-order valence-electron chi connectivity index (χ1n) is 6.10. The number of hydrogen-bond acceptors (Lipinski definition) is 4. The number of nitrogens with zero attached hydrogens (tertiary/aromatic N) is 1. The first kappa shape index (κ1) is 11.6. The predicted octanol–water partition coefficient (Wildman–Crippen LogP) is 0.664. The molecule has 1 fully saturated rings. The highest BCUT2D eigenvalue weighted by Crippen LogP contribution is 1.98. The lowest BCUT2D eigenvalue weighted by molar-refractivity contribution is 0.291. The molecule has 1 aromatic rings. The summed E-state index contributed by atoms with van der Waals surface area (Å²) in [4.78, 5) is 2.52. The molecule has 1 saturated heterocycles. The normalized spacial score (nSPS) is 18.5. The average molecular weight is 223 g/mol. The molecule has 1 aliphatic heterocycles. The molecule has 0 spiro atoms. The third-order valence-corrected chi connectivity index (χ3v) is 2.95. The van der Waals surface area contributed by atoms with Gasteiger partial charge in [0.25, 0.3) is 0 Å². The van der Waals surface area contributed by atoms with Gasteiger partial charge in [-0.3, -0.25) is 0 Å². The number of hydrogen-bond donors (Lipinski definition) is 2. The molecule has 1 aliphatic rings. The molecule has 0 aliphatic carbocycles. The van der Waals surface area contributed by atoms with E-state index in [2.05, 4.69) is 15.5 Å². The smallest absolute Gasteiger partial charge is 0.0947 e. The minimum Gasteiger partial charge on any atom is -0.472 e. The second-order valence-electron chi connectivity index (χ2n) is 4.25. The van der Waals surface area contributed by atoms with Gasteiger partial charge in [0.1, 0.15) is 0 Å². The second-order valence-corrected chi connectivity index (χ2v) is 4.25. The van der Waals surface area contributed by atoms with Crippen molar-refractivity contribution in [3.8, 4) is 0 Å². The lowest BCUT2D eigenvalue weighted by atomic mass is 10.3. The SMILES string of the molecule is c1cc(CNCCN2CCCNCC2)co1. The molecule has 0 amide bonds. The van der Waals surface area contributed by atoms with Gasteiger partial charge in [0.15, 0.2) is 0 Å². The fourth-order valence-electron chi connectivity index (χ4n) is 1.99. The Morgan fingerprint density at radius 2 is 2.38 bits per heavy atom. The van der Waals surface area contributed by atoms with Crippen LogP contribution in [-0.2, 0) is 6.54 Å². The molecule has 0 bridgehead atoms. The molecule has 2 N–H and O–H groups in total. The molecule has 1 aromatic heterocycles. The van der Waals surface area contributed by atoms with E-state index in [9.17, 15) is 0 Å². The highest BCUT2D eigenvalue weighted by Gasteiger charge is 2.07. The summed E-state index contributed by atoms with van der Waals surface area (Å²) in [6.45, 7) is 7.78. The van der Waals surface area contributed by atoms with Gasteiger partial charge in [0.2, 0.25) is 0 Å². The van der Waals surface area contributed by atoms with Gasteiger partial charge in [0, 0.05) is 38.3 Å². The molecular weight excluding hydrogens is 202 g/mol. The maximum atomic E-state index is 5.02. The van der Waals surface area contributed by atoms with E-state index < -0.39 is 0 Å². The van der Waals surface area contributed by atoms with Crippen molar-refractivity contribution in [2.24, 2.45) is 0 Å². The molecule has 0 aromatic carbocycles. The van der Waals surface area contributed by atoms with E-state index in [1.165, 1.54) is 31.6 Å². The quantitative estimate of drug-likeness (QED) is 0.720. The summed E-state index contributed by atoms with van der Waals surface area (Å²) in [5.41, 5.74) is 1.22. The Labute approximate surface area is 97.0 Å². The Morgan fingerprint density at radius 3 is 3.25 bits per heavy atom. The van der Waals surface area contributed by atoms with Crippen LogP contribution < -0.4 is 10.6 Å². The third kappa shape index (κ3) is 3.96. The number of rotatable bonds is 5. The van der Waals surface area contributed by atoms with Gasteiger partial charge in [-0.2, -0.15) is 0 Å².